The quantitative estimate of drug-likeness (QED) is 0.422. The molecule has 2 aromatic rings. The van der Waals surface area contributed by atoms with E-state index < -0.39 is 30.1 Å². The minimum atomic E-state index is -1.15. The van der Waals surface area contributed by atoms with E-state index in [0.717, 1.165) is 28.7 Å². The molecule has 2 aromatic carbocycles. The third-order valence-electron chi connectivity index (χ3n) is 6.51. The zero-order chi connectivity index (χ0) is 25.4. The summed E-state index contributed by atoms with van der Waals surface area (Å²) in [5.74, 6) is -1.66. The number of aliphatic carboxylic acids is 1. The van der Waals surface area contributed by atoms with E-state index in [1.54, 1.807) is 0 Å². The van der Waals surface area contributed by atoms with Crippen molar-refractivity contribution in [3.63, 3.8) is 0 Å². The molecule has 0 radical (unpaired) electrons. The number of ether oxygens (including phenoxy) is 2. The molecule has 3 atom stereocenters. The zero-order valence-electron chi connectivity index (χ0n) is 20.5. The summed E-state index contributed by atoms with van der Waals surface area (Å²) in [5.41, 5.74) is 4.44. The maximum atomic E-state index is 12.9. The molecule has 0 heterocycles. The first-order valence-corrected chi connectivity index (χ1v) is 12.0. The molecule has 8 heteroatoms. The summed E-state index contributed by atoms with van der Waals surface area (Å²) < 4.78 is 10.5. The smallest absolute Gasteiger partial charge is 0.407 e. The Morgan fingerprint density at radius 2 is 1.57 bits per heavy atom. The van der Waals surface area contributed by atoms with Gasteiger partial charge >= 0.3 is 12.1 Å². The Bertz CT molecular complexity index is 994. The molecule has 188 valence electrons. The van der Waals surface area contributed by atoms with Crippen LogP contribution in [0.15, 0.2) is 48.5 Å². The van der Waals surface area contributed by atoms with Crippen LogP contribution in [0.2, 0.25) is 0 Å². The molecule has 3 rings (SSSR count). The van der Waals surface area contributed by atoms with Crippen LogP contribution in [0.25, 0.3) is 11.1 Å². The van der Waals surface area contributed by atoms with Gasteiger partial charge in [-0.3, -0.25) is 4.79 Å². The molecule has 0 saturated heterocycles. The second-order valence-electron chi connectivity index (χ2n) is 8.95. The van der Waals surface area contributed by atoms with Gasteiger partial charge in [-0.15, -0.1) is 0 Å². The number of fused-ring (bicyclic) bond motifs is 3. The van der Waals surface area contributed by atoms with Crippen LogP contribution in [-0.4, -0.2) is 55.5 Å². The van der Waals surface area contributed by atoms with Crippen molar-refractivity contribution in [3.05, 3.63) is 59.7 Å². The van der Waals surface area contributed by atoms with Crippen molar-refractivity contribution < 1.29 is 29.0 Å². The third-order valence-corrected chi connectivity index (χ3v) is 6.51. The minimum Gasteiger partial charge on any atom is -0.480 e. The number of carboxylic acids is 1. The SMILES string of the molecule is CCC(C)CC(NC(=O)OCC1c2ccccc2-c2ccccc21)C(=O)NC(CCOC)C(=O)O. The minimum absolute atomic E-state index is 0.0968. The average Bonchev–Trinajstić information content (AvgIpc) is 3.18. The predicted octanol–water partition coefficient (Wildman–Crippen LogP) is 3.94. The van der Waals surface area contributed by atoms with Crippen LogP contribution in [0.5, 0.6) is 0 Å². The molecule has 3 unspecified atom stereocenters. The summed E-state index contributed by atoms with van der Waals surface area (Å²) in [4.78, 5) is 37.2. The van der Waals surface area contributed by atoms with Crippen LogP contribution in [0.1, 0.15) is 50.2 Å². The number of nitrogens with one attached hydrogen (secondary N) is 2. The van der Waals surface area contributed by atoms with Crippen LogP contribution < -0.4 is 10.6 Å². The van der Waals surface area contributed by atoms with Gasteiger partial charge in [-0.2, -0.15) is 0 Å². The maximum Gasteiger partial charge on any atom is 0.407 e. The van der Waals surface area contributed by atoms with E-state index in [1.165, 1.54) is 7.11 Å². The van der Waals surface area contributed by atoms with Crippen molar-refractivity contribution in [2.75, 3.05) is 20.3 Å². The Morgan fingerprint density at radius 3 is 2.11 bits per heavy atom. The lowest BCUT2D eigenvalue weighted by Crippen LogP contribution is -2.52. The van der Waals surface area contributed by atoms with Crippen molar-refractivity contribution in [2.45, 2.75) is 51.1 Å². The fraction of sp³-hybridized carbons (Fsp3) is 0.444. The van der Waals surface area contributed by atoms with Crippen LogP contribution in [0.4, 0.5) is 4.79 Å². The van der Waals surface area contributed by atoms with Gasteiger partial charge in [-0.05, 0) is 34.6 Å². The number of amides is 2. The van der Waals surface area contributed by atoms with Gasteiger partial charge in [-0.1, -0.05) is 68.8 Å². The third kappa shape index (κ3) is 6.60. The van der Waals surface area contributed by atoms with Crippen LogP contribution in [0.3, 0.4) is 0 Å². The highest BCUT2D eigenvalue weighted by atomic mass is 16.5. The predicted molar refractivity (Wildman–Crippen MR) is 132 cm³/mol. The lowest BCUT2D eigenvalue weighted by atomic mass is 9.98. The first kappa shape index (κ1) is 26.2. The summed E-state index contributed by atoms with van der Waals surface area (Å²) in [6.07, 6.45) is 0.586. The fourth-order valence-electron chi connectivity index (χ4n) is 4.35. The number of methoxy groups -OCH3 is 1. The monoisotopic (exact) mass is 482 g/mol. The second kappa shape index (κ2) is 12.4. The number of hydrogen-bond donors (Lipinski definition) is 3. The number of carbonyl (C=O) groups is 3. The van der Waals surface area contributed by atoms with Crippen molar-refractivity contribution in [2.24, 2.45) is 5.92 Å². The molecule has 0 spiro atoms. The molecule has 1 aliphatic rings. The maximum absolute atomic E-state index is 12.9. The van der Waals surface area contributed by atoms with E-state index in [4.69, 9.17) is 9.47 Å². The summed E-state index contributed by atoms with van der Waals surface area (Å²) >= 11 is 0. The summed E-state index contributed by atoms with van der Waals surface area (Å²) in [6, 6.07) is 14.1. The lowest BCUT2D eigenvalue weighted by molar-refractivity contribution is -0.142. The van der Waals surface area contributed by atoms with E-state index in [2.05, 4.69) is 22.8 Å². The Balaban J connectivity index is 1.67. The van der Waals surface area contributed by atoms with Gasteiger partial charge in [0.05, 0.1) is 0 Å². The number of carbonyl (C=O) groups excluding carboxylic acids is 2. The highest BCUT2D eigenvalue weighted by molar-refractivity contribution is 5.89. The average molecular weight is 483 g/mol. The summed E-state index contributed by atoms with van der Waals surface area (Å²) in [7, 11) is 1.46. The number of hydrogen-bond acceptors (Lipinski definition) is 5. The lowest BCUT2D eigenvalue weighted by Gasteiger charge is -2.23. The second-order valence-corrected chi connectivity index (χ2v) is 8.95. The Morgan fingerprint density at radius 1 is 0.971 bits per heavy atom. The highest BCUT2D eigenvalue weighted by Crippen LogP contribution is 2.44. The highest BCUT2D eigenvalue weighted by Gasteiger charge is 2.31. The number of benzene rings is 2. The van der Waals surface area contributed by atoms with Gasteiger partial charge in [-0.25, -0.2) is 9.59 Å². The fourth-order valence-corrected chi connectivity index (χ4v) is 4.35. The van der Waals surface area contributed by atoms with Crippen LogP contribution >= 0.6 is 0 Å². The van der Waals surface area contributed by atoms with Gasteiger partial charge in [0.15, 0.2) is 0 Å². The topological polar surface area (TPSA) is 114 Å². The Labute approximate surface area is 206 Å². The molecule has 0 bridgehead atoms. The van der Waals surface area contributed by atoms with Crippen LogP contribution in [0, 0.1) is 5.92 Å². The number of alkyl carbamates (subject to hydrolysis) is 1. The largest absolute Gasteiger partial charge is 0.480 e. The zero-order valence-corrected chi connectivity index (χ0v) is 20.5. The molecule has 0 aliphatic heterocycles. The molecule has 35 heavy (non-hydrogen) atoms. The van der Waals surface area contributed by atoms with Gasteiger partial charge in [0.2, 0.25) is 5.91 Å². The molecular weight excluding hydrogens is 448 g/mol. The van der Waals surface area contributed by atoms with Gasteiger partial charge < -0.3 is 25.2 Å². The van der Waals surface area contributed by atoms with Gasteiger partial charge in [0.25, 0.3) is 0 Å². The van der Waals surface area contributed by atoms with Crippen molar-refractivity contribution in [1.82, 2.24) is 10.6 Å². The van der Waals surface area contributed by atoms with E-state index in [-0.39, 0.29) is 31.5 Å². The summed E-state index contributed by atoms with van der Waals surface area (Å²) in [5, 5.41) is 14.6. The molecule has 0 fully saturated rings. The van der Waals surface area contributed by atoms with Crippen molar-refractivity contribution in [3.8, 4) is 11.1 Å². The van der Waals surface area contributed by atoms with E-state index in [0.29, 0.717) is 6.42 Å². The molecule has 2 amide bonds. The van der Waals surface area contributed by atoms with Crippen molar-refractivity contribution >= 4 is 18.0 Å². The molecule has 1 aliphatic carbocycles. The first-order chi connectivity index (χ1) is 16.8. The number of carboxylic acid groups (broad SMARTS) is 1. The number of rotatable bonds is 12. The standard InChI is InChI=1S/C27H34N2O6/c1-4-17(2)15-24(25(30)28-23(26(31)32)13-14-34-3)29-27(33)35-16-22-20-11-7-5-9-18(20)19-10-6-8-12-21(19)22/h5-12,17,22-24H,4,13-16H2,1-3H3,(H,28,30)(H,29,33)(H,31,32). The molecule has 0 aromatic heterocycles. The van der Waals surface area contributed by atoms with Gasteiger partial charge in [0, 0.05) is 26.1 Å². The molecule has 0 saturated carbocycles. The van der Waals surface area contributed by atoms with Gasteiger partial charge in [0.1, 0.15) is 18.7 Å². The Kier molecular flexibility index (Phi) is 9.25. The molecule has 8 nitrogen and oxygen atoms in total. The normalized spacial score (nSPS) is 14.8. The van der Waals surface area contributed by atoms with E-state index in [9.17, 15) is 19.5 Å². The molecular formula is C27H34N2O6. The first-order valence-electron chi connectivity index (χ1n) is 12.0. The van der Waals surface area contributed by atoms with E-state index >= 15 is 0 Å². The molecule has 3 N–H and O–H groups in total. The van der Waals surface area contributed by atoms with Crippen LogP contribution in [-0.2, 0) is 19.1 Å². The summed E-state index contributed by atoms with van der Waals surface area (Å²) in [6.45, 7) is 4.28. The van der Waals surface area contributed by atoms with E-state index in [1.807, 2.05) is 50.2 Å². The van der Waals surface area contributed by atoms with Crippen molar-refractivity contribution in [1.29, 1.82) is 0 Å². The Hall–Kier alpha value is -3.39.